The van der Waals surface area contributed by atoms with Gasteiger partial charge in [-0.1, -0.05) is 0 Å². The van der Waals surface area contributed by atoms with Gasteiger partial charge in [-0.15, -0.1) is 0 Å². The molecule has 1 aromatic heterocycles. The number of carbonyl (C=O) groups excluding carboxylic acids is 1. The van der Waals surface area contributed by atoms with E-state index in [0.717, 1.165) is 5.56 Å². The minimum absolute atomic E-state index is 0.233. The van der Waals surface area contributed by atoms with E-state index in [1.807, 2.05) is 6.92 Å². The number of hydroxylamine groups is 1. The maximum Gasteiger partial charge on any atom is 0.302 e. The van der Waals surface area contributed by atoms with E-state index in [0.29, 0.717) is 11.4 Å². The van der Waals surface area contributed by atoms with E-state index in [2.05, 4.69) is 15.4 Å². The fourth-order valence-electron chi connectivity index (χ4n) is 1.29. The van der Waals surface area contributed by atoms with Crippen LogP contribution in [0, 0.1) is 6.92 Å². The quantitative estimate of drug-likeness (QED) is 0.623. The Morgan fingerprint density at radius 1 is 1.39 bits per heavy atom. The summed E-state index contributed by atoms with van der Waals surface area (Å²) >= 11 is 0. The Morgan fingerprint density at radius 2 is 2.22 bits per heavy atom. The summed E-state index contributed by atoms with van der Waals surface area (Å²) in [5, 5.41) is 0. The first-order valence-corrected chi connectivity index (χ1v) is 5.26. The number of hydrogen-bond donors (Lipinski definition) is 2. The molecule has 3 N–H and O–H groups in total. The van der Waals surface area contributed by atoms with Crippen molar-refractivity contribution in [2.24, 2.45) is 0 Å². The number of hydrogen-bond acceptors (Lipinski definition) is 5. The second-order valence-corrected chi connectivity index (χ2v) is 3.65. The predicted octanol–water partition coefficient (Wildman–Crippen LogP) is 1.09. The number of aromatic nitrogens is 2. The van der Waals surface area contributed by atoms with Gasteiger partial charge in [-0.2, -0.15) is 5.48 Å². The van der Waals surface area contributed by atoms with Gasteiger partial charge >= 0.3 is 5.91 Å². The first-order valence-electron chi connectivity index (χ1n) is 5.26. The smallest absolute Gasteiger partial charge is 0.302 e. The first kappa shape index (κ1) is 11.8. The molecule has 0 radical (unpaired) electrons. The zero-order chi connectivity index (χ0) is 13.0. The van der Waals surface area contributed by atoms with Crippen LogP contribution in [-0.2, 0) is 0 Å². The molecular weight excluding hydrogens is 232 g/mol. The Kier molecular flexibility index (Phi) is 3.38. The Balaban J connectivity index is 1.99. The highest BCUT2D eigenvalue weighted by molar-refractivity contribution is 5.91. The largest absolute Gasteiger partial charge is 0.399 e. The minimum Gasteiger partial charge on any atom is -0.399 e. The highest BCUT2D eigenvalue weighted by atomic mass is 16.7. The Morgan fingerprint density at radius 3 is 2.89 bits per heavy atom. The van der Waals surface area contributed by atoms with Crippen molar-refractivity contribution in [2.45, 2.75) is 6.92 Å². The summed E-state index contributed by atoms with van der Waals surface area (Å²) in [4.78, 5) is 24.3. The number of amides is 1. The summed E-state index contributed by atoms with van der Waals surface area (Å²) in [5.74, 6) is 0.0657. The summed E-state index contributed by atoms with van der Waals surface area (Å²) < 4.78 is 0. The molecule has 2 aromatic rings. The third-order valence-electron chi connectivity index (χ3n) is 2.32. The molecule has 0 aliphatic carbocycles. The van der Waals surface area contributed by atoms with Crippen molar-refractivity contribution in [1.82, 2.24) is 15.4 Å². The lowest BCUT2D eigenvalue weighted by molar-refractivity contribution is 0.0754. The van der Waals surface area contributed by atoms with Crippen molar-refractivity contribution in [3.63, 3.8) is 0 Å². The van der Waals surface area contributed by atoms with Crippen LogP contribution in [0.2, 0.25) is 0 Å². The van der Waals surface area contributed by atoms with E-state index in [-0.39, 0.29) is 5.69 Å². The van der Waals surface area contributed by atoms with Gasteiger partial charge in [0.2, 0.25) is 0 Å². The van der Waals surface area contributed by atoms with Crippen molar-refractivity contribution < 1.29 is 9.63 Å². The van der Waals surface area contributed by atoms with Gasteiger partial charge in [0, 0.05) is 11.9 Å². The second-order valence-electron chi connectivity index (χ2n) is 3.65. The minimum atomic E-state index is -0.438. The summed E-state index contributed by atoms with van der Waals surface area (Å²) in [6.45, 7) is 1.86. The van der Waals surface area contributed by atoms with Gasteiger partial charge < -0.3 is 10.6 Å². The topological polar surface area (TPSA) is 90.1 Å². The Labute approximate surface area is 104 Å². The first-order chi connectivity index (χ1) is 8.66. The number of benzene rings is 1. The van der Waals surface area contributed by atoms with Crippen LogP contribution in [0.3, 0.4) is 0 Å². The lowest BCUT2D eigenvalue weighted by Crippen LogP contribution is -2.27. The molecule has 1 aromatic carbocycles. The molecule has 18 heavy (non-hydrogen) atoms. The van der Waals surface area contributed by atoms with E-state index in [4.69, 9.17) is 10.6 Å². The molecule has 0 spiro atoms. The van der Waals surface area contributed by atoms with Crippen LogP contribution in [0.1, 0.15) is 16.1 Å². The summed E-state index contributed by atoms with van der Waals surface area (Å²) in [6.07, 6.45) is 2.78. The van der Waals surface area contributed by atoms with Crippen molar-refractivity contribution >= 4 is 11.6 Å². The SMILES string of the molecule is Cc1cc(ONC(=O)c2ccncn2)ccc1N. The molecule has 0 saturated heterocycles. The van der Waals surface area contributed by atoms with Crippen LogP contribution in [0.5, 0.6) is 5.75 Å². The number of aryl methyl sites for hydroxylation is 1. The lowest BCUT2D eigenvalue weighted by atomic mass is 10.2. The van der Waals surface area contributed by atoms with Crippen LogP contribution in [0.4, 0.5) is 5.69 Å². The predicted molar refractivity (Wildman–Crippen MR) is 65.7 cm³/mol. The van der Waals surface area contributed by atoms with Crippen LogP contribution in [0.25, 0.3) is 0 Å². The van der Waals surface area contributed by atoms with E-state index in [1.165, 1.54) is 18.6 Å². The number of rotatable bonds is 3. The number of nitrogens with one attached hydrogen (secondary N) is 1. The number of carbonyl (C=O) groups is 1. The second kappa shape index (κ2) is 5.13. The Bertz CT molecular complexity index is 557. The van der Waals surface area contributed by atoms with Crippen LogP contribution in [0.15, 0.2) is 36.8 Å². The maximum absolute atomic E-state index is 11.6. The molecule has 0 bridgehead atoms. The molecule has 6 nitrogen and oxygen atoms in total. The van der Waals surface area contributed by atoms with E-state index in [1.54, 1.807) is 18.2 Å². The molecule has 0 unspecified atom stereocenters. The molecular formula is C12H12N4O2. The zero-order valence-corrected chi connectivity index (χ0v) is 9.75. The van der Waals surface area contributed by atoms with E-state index < -0.39 is 5.91 Å². The average molecular weight is 244 g/mol. The van der Waals surface area contributed by atoms with Gasteiger partial charge in [0.05, 0.1) is 0 Å². The lowest BCUT2D eigenvalue weighted by Gasteiger charge is -2.08. The van der Waals surface area contributed by atoms with Crippen molar-refractivity contribution in [3.8, 4) is 5.75 Å². The monoisotopic (exact) mass is 244 g/mol. The van der Waals surface area contributed by atoms with E-state index in [9.17, 15) is 4.79 Å². The molecule has 0 aliphatic heterocycles. The van der Waals surface area contributed by atoms with Gasteiger partial charge in [0.1, 0.15) is 12.0 Å². The molecule has 6 heteroatoms. The summed E-state index contributed by atoms with van der Waals surface area (Å²) in [6, 6.07) is 6.60. The molecule has 1 amide bonds. The van der Waals surface area contributed by atoms with Crippen molar-refractivity contribution in [3.05, 3.63) is 48.0 Å². The number of nitrogen functional groups attached to an aromatic ring is 1. The molecule has 92 valence electrons. The highest BCUT2D eigenvalue weighted by Gasteiger charge is 2.07. The van der Waals surface area contributed by atoms with E-state index >= 15 is 0 Å². The molecule has 0 aliphatic rings. The van der Waals surface area contributed by atoms with Gasteiger partial charge in [-0.05, 0) is 36.8 Å². The highest BCUT2D eigenvalue weighted by Crippen LogP contribution is 2.17. The fraction of sp³-hybridized carbons (Fsp3) is 0.0833. The molecule has 2 rings (SSSR count). The molecule has 0 saturated carbocycles. The third-order valence-corrected chi connectivity index (χ3v) is 2.32. The van der Waals surface area contributed by atoms with Crippen LogP contribution in [-0.4, -0.2) is 15.9 Å². The molecule has 0 atom stereocenters. The van der Waals surface area contributed by atoms with Crippen molar-refractivity contribution in [2.75, 3.05) is 5.73 Å². The molecule has 1 heterocycles. The Hall–Kier alpha value is -2.63. The van der Waals surface area contributed by atoms with Gasteiger partial charge in [-0.25, -0.2) is 9.97 Å². The number of nitrogens with two attached hydrogens (primary N) is 1. The summed E-state index contributed by atoms with van der Waals surface area (Å²) in [7, 11) is 0. The molecule has 0 fully saturated rings. The summed E-state index contributed by atoms with van der Waals surface area (Å²) in [5.41, 5.74) is 9.75. The average Bonchev–Trinajstić information content (AvgIpc) is 2.41. The van der Waals surface area contributed by atoms with Crippen LogP contribution < -0.4 is 16.1 Å². The van der Waals surface area contributed by atoms with Gasteiger partial charge in [0.25, 0.3) is 0 Å². The zero-order valence-electron chi connectivity index (χ0n) is 9.75. The standard InChI is InChI=1S/C12H12N4O2/c1-8-6-9(2-3-10(8)13)18-16-12(17)11-4-5-14-7-15-11/h2-7H,13H2,1H3,(H,16,17). The van der Waals surface area contributed by atoms with Crippen LogP contribution >= 0.6 is 0 Å². The maximum atomic E-state index is 11.6. The third kappa shape index (κ3) is 2.73. The number of nitrogens with zero attached hydrogens (tertiary/aromatic N) is 2. The normalized spacial score (nSPS) is 9.83. The van der Waals surface area contributed by atoms with Crippen molar-refractivity contribution in [1.29, 1.82) is 0 Å². The van der Waals surface area contributed by atoms with Gasteiger partial charge in [-0.3, -0.25) is 4.79 Å². The van der Waals surface area contributed by atoms with Gasteiger partial charge in [0.15, 0.2) is 5.75 Å². The number of anilines is 1. The fourth-order valence-corrected chi connectivity index (χ4v) is 1.29.